The van der Waals surface area contributed by atoms with E-state index < -0.39 is 8.07 Å². The summed E-state index contributed by atoms with van der Waals surface area (Å²) in [6.07, 6.45) is 0. The first-order valence-corrected chi connectivity index (χ1v) is 9.67. The number of rotatable bonds is 3. The third-order valence-electron chi connectivity index (χ3n) is 2.94. The number of aryl methyl sites for hydroxylation is 2. The molecule has 0 N–H and O–H groups in total. The van der Waals surface area contributed by atoms with Gasteiger partial charge in [0.15, 0.2) is 0 Å². The van der Waals surface area contributed by atoms with Crippen molar-refractivity contribution in [2.24, 2.45) is 0 Å². The standard InChI is InChI=1S/C15H24Si/c1-11-8-12(2)14(4)15(9-11)13(3)10-16(5,6)7/h8-9H,3,10H2,1-2,4-7H3. The first kappa shape index (κ1) is 13.2. The van der Waals surface area contributed by atoms with Gasteiger partial charge in [-0.15, -0.1) is 0 Å². The molecule has 0 saturated heterocycles. The highest BCUT2D eigenvalue weighted by molar-refractivity contribution is 6.77. The molecule has 1 aromatic carbocycles. The second-order valence-electron chi connectivity index (χ2n) is 6.10. The van der Waals surface area contributed by atoms with Crippen molar-refractivity contribution < 1.29 is 0 Å². The molecule has 1 rings (SSSR count). The van der Waals surface area contributed by atoms with E-state index in [1.165, 1.54) is 33.9 Å². The summed E-state index contributed by atoms with van der Waals surface area (Å²) in [7, 11) is -1.06. The fourth-order valence-electron chi connectivity index (χ4n) is 2.14. The summed E-state index contributed by atoms with van der Waals surface area (Å²) in [6, 6.07) is 5.72. The third-order valence-corrected chi connectivity index (χ3v) is 4.42. The molecule has 0 amide bonds. The molecule has 1 heteroatoms. The molecule has 16 heavy (non-hydrogen) atoms. The van der Waals surface area contributed by atoms with Crippen molar-refractivity contribution in [1.29, 1.82) is 0 Å². The molecule has 0 atom stereocenters. The molecule has 0 saturated carbocycles. The predicted octanol–water partition coefficient (Wildman–Crippen LogP) is 4.96. The number of allylic oxidation sites excluding steroid dienone is 1. The minimum Gasteiger partial charge on any atom is -0.0955 e. The highest BCUT2D eigenvalue weighted by atomic mass is 28.3. The highest BCUT2D eigenvalue weighted by Crippen LogP contribution is 2.28. The second kappa shape index (κ2) is 4.58. The van der Waals surface area contributed by atoms with Gasteiger partial charge >= 0.3 is 0 Å². The fourth-order valence-corrected chi connectivity index (χ4v) is 3.61. The van der Waals surface area contributed by atoms with Crippen LogP contribution in [0.5, 0.6) is 0 Å². The van der Waals surface area contributed by atoms with Gasteiger partial charge in [0.2, 0.25) is 0 Å². The third kappa shape index (κ3) is 3.34. The van der Waals surface area contributed by atoms with E-state index in [1.54, 1.807) is 0 Å². The zero-order valence-electron chi connectivity index (χ0n) is 11.6. The summed E-state index contributed by atoms with van der Waals surface area (Å²) >= 11 is 0. The van der Waals surface area contributed by atoms with Gasteiger partial charge in [-0.1, -0.05) is 49.5 Å². The fraction of sp³-hybridized carbons (Fsp3) is 0.467. The largest absolute Gasteiger partial charge is 0.0955 e. The van der Waals surface area contributed by atoms with Crippen molar-refractivity contribution >= 4 is 13.6 Å². The summed E-state index contributed by atoms with van der Waals surface area (Å²) in [5, 5.41) is 0. The Balaban J connectivity index is 3.09. The number of benzene rings is 1. The van der Waals surface area contributed by atoms with Crippen LogP contribution in [0.4, 0.5) is 0 Å². The smallest absolute Gasteiger partial charge is 0.0487 e. The lowest BCUT2D eigenvalue weighted by Crippen LogP contribution is -2.19. The topological polar surface area (TPSA) is 0 Å². The van der Waals surface area contributed by atoms with Gasteiger partial charge in [-0.25, -0.2) is 0 Å². The van der Waals surface area contributed by atoms with Crippen molar-refractivity contribution in [2.45, 2.75) is 46.5 Å². The summed E-state index contributed by atoms with van der Waals surface area (Å²) in [5.74, 6) is 0. The molecule has 0 heterocycles. The lowest BCUT2D eigenvalue weighted by Gasteiger charge is -2.20. The molecule has 0 aliphatic carbocycles. The Labute approximate surface area is 101 Å². The van der Waals surface area contributed by atoms with Gasteiger partial charge in [-0.2, -0.15) is 0 Å². The normalized spacial score (nSPS) is 11.6. The van der Waals surface area contributed by atoms with Gasteiger partial charge in [-0.3, -0.25) is 0 Å². The quantitative estimate of drug-likeness (QED) is 0.646. The van der Waals surface area contributed by atoms with E-state index in [1.807, 2.05) is 0 Å². The van der Waals surface area contributed by atoms with E-state index >= 15 is 0 Å². The molecular formula is C15H24Si. The van der Waals surface area contributed by atoms with Gasteiger partial charge in [0.25, 0.3) is 0 Å². The summed E-state index contributed by atoms with van der Waals surface area (Å²) in [5.41, 5.74) is 6.82. The highest BCUT2D eigenvalue weighted by Gasteiger charge is 2.16. The summed E-state index contributed by atoms with van der Waals surface area (Å²) in [6.45, 7) is 18.0. The maximum absolute atomic E-state index is 4.29. The first-order valence-electron chi connectivity index (χ1n) is 5.97. The van der Waals surface area contributed by atoms with Crippen molar-refractivity contribution in [1.82, 2.24) is 0 Å². The number of hydrogen-bond acceptors (Lipinski definition) is 0. The lowest BCUT2D eigenvalue weighted by atomic mass is 9.96. The zero-order chi connectivity index (χ0) is 12.5. The van der Waals surface area contributed by atoms with Crippen molar-refractivity contribution in [2.75, 3.05) is 0 Å². The molecule has 0 aromatic heterocycles. The van der Waals surface area contributed by atoms with Crippen LogP contribution in [0.2, 0.25) is 25.7 Å². The Morgan fingerprint density at radius 3 is 2.19 bits per heavy atom. The Hall–Kier alpha value is -0.823. The van der Waals surface area contributed by atoms with Crippen LogP contribution in [-0.4, -0.2) is 8.07 Å². The van der Waals surface area contributed by atoms with Crippen LogP contribution in [0.15, 0.2) is 18.7 Å². The van der Waals surface area contributed by atoms with Crippen LogP contribution in [-0.2, 0) is 0 Å². The molecule has 0 bridgehead atoms. The molecule has 0 aliphatic heterocycles. The van der Waals surface area contributed by atoms with Crippen LogP contribution in [0.3, 0.4) is 0 Å². The molecule has 0 spiro atoms. The van der Waals surface area contributed by atoms with Gasteiger partial charge in [0.1, 0.15) is 0 Å². The monoisotopic (exact) mass is 232 g/mol. The van der Waals surface area contributed by atoms with Crippen molar-refractivity contribution in [3.63, 3.8) is 0 Å². The molecular weight excluding hydrogens is 208 g/mol. The molecule has 0 nitrogen and oxygen atoms in total. The van der Waals surface area contributed by atoms with Gasteiger partial charge in [-0.05, 0) is 43.5 Å². The molecule has 0 aliphatic rings. The van der Waals surface area contributed by atoms with Crippen LogP contribution in [0.1, 0.15) is 22.3 Å². The molecule has 88 valence electrons. The number of hydrogen-bond donors (Lipinski definition) is 0. The van der Waals surface area contributed by atoms with Crippen LogP contribution in [0.25, 0.3) is 5.57 Å². The Morgan fingerprint density at radius 1 is 1.12 bits per heavy atom. The van der Waals surface area contributed by atoms with E-state index in [0.717, 1.165) is 0 Å². The maximum Gasteiger partial charge on any atom is 0.0487 e. The Morgan fingerprint density at radius 2 is 1.69 bits per heavy atom. The summed E-state index contributed by atoms with van der Waals surface area (Å²) < 4.78 is 0. The SMILES string of the molecule is C=C(C[Si](C)(C)C)c1cc(C)cc(C)c1C. The molecule has 1 aromatic rings. The van der Waals surface area contributed by atoms with E-state index in [4.69, 9.17) is 0 Å². The minimum absolute atomic E-state index is 1.06. The molecule has 0 unspecified atom stereocenters. The van der Waals surface area contributed by atoms with Crippen molar-refractivity contribution in [3.8, 4) is 0 Å². The van der Waals surface area contributed by atoms with E-state index in [0.29, 0.717) is 0 Å². The van der Waals surface area contributed by atoms with E-state index in [9.17, 15) is 0 Å². The lowest BCUT2D eigenvalue weighted by molar-refractivity contribution is 1.27. The van der Waals surface area contributed by atoms with Crippen molar-refractivity contribution in [3.05, 3.63) is 41.0 Å². The van der Waals surface area contributed by atoms with Crippen LogP contribution in [0, 0.1) is 20.8 Å². The molecule has 0 fully saturated rings. The summed E-state index contributed by atoms with van der Waals surface area (Å²) in [4.78, 5) is 0. The zero-order valence-corrected chi connectivity index (χ0v) is 12.6. The molecule has 0 radical (unpaired) electrons. The van der Waals surface area contributed by atoms with Crippen LogP contribution < -0.4 is 0 Å². The average molecular weight is 232 g/mol. The minimum atomic E-state index is -1.06. The van der Waals surface area contributed by atoms with E-state index in [-0.39, 0.29) is 0 Å². The van der Waals surface area contributed by atoms with Gasteiger partial charge in [0.05, 0.1) is 0 Å². The average Bonchev–Trinajstić information content (AvgIpc) is 2.08. The van der Waals surface area contributed by atoms with Crippen LogP contribution >= 0.6 is 0 Å². The second-order valence-corrected chi connectivity index (χ2v) is 11.6. The predicted molar refractivity (Wildman–Crippen MR) is 77.8 cm³/mol. The Kier molecular flexibility index (Phi) is 3.79. The van der Waals surface area contributed by atoms with E-state index in [2.05, 4.69) is 59.1 Å². The van der Waals surface area contributed by atoms with Gasteiger partial charge < -0.3 is 0 Å². The maximum atomic E-state index is 4.29. The Bertz CT molecular complexity index is 408. The first-order chi connectivity index (χ1) is 7.20. The van der Waals surface area contributed by atoms with Gasteiger partial charge in [0, 0.05) is 8.07 Å².